The predicted octanol–water partition coefficient (Wildman–Crippen LogP) is 4.23. The van der Waals surface area contributed by atoms with E-state index in [-0.39, 0.29) is 0 Å². The Bertz CT molecular complexity index is 967. The van der Waals surface area contributed by atoms with Crippen LogP contribution in [0.25, 0.3) is 11.5 Å². The van der Waals surface area contributed by atoms with Crippen molar-refractivity contribution >= 4 is 5.96 Å². The van der Waals surface area contributed by atoms with Crippen LogP contribution in [0.15, 0.2) is 52.1 Å². The second-order valence-electron chi connectivity index (χ2n) is 7.14. The van der Waals surface area contributed by atoms with Gasteiger partial charge < -0.3 is 20.2 Å². The van der Waals surface area contributed by atoms with Crippen molar-refractivity contribution in [2.75, 3.05) is 6.54 Å². The molecule has 0 bridgehead atoms. The molecule has 0 spiro atoms. The first kappa shape index (κ1) is 20.5. The van der Waals surface area contributed by atoms with Crippen LogP contribution in [0.2, 0.25) is 0 Å². The maximum absolute atomic E-state index is 9.92. The molecule has 0 amide bonds. The van der Waals surface area contributed by atoms with E-state index in [1.165, 1.54) is 5.56 Å². The zero-order valence-corrected chi connectivity index (χ0v) is 17.4. The standard InChI is InChI=1S/C23H28N4O2/c1-5-24-23(25-12-18-10-16(3)21(28)17(4)11-18)26-13-20-14-29-22(27-20)19-8-6-15(2)7-9-19/h6-11,14,28H,5,12-13H2,1-4H3,(H2,24,25,26). The molecular formula is C23H28N4O2. The molecule has 0 aliphatic carbocycles. The Morgan fingerprint density at radius 1 is 1.07 bits per heavy atom. The topological polar surface area (TPSA) is 82.7 Å². The number of guanidine groups is 1. The number of aromatic nitrogens is 1. The molecule has 0 fully saturated rings. The highest BCUT2D eigenvalue weighted by atomic mass is 16.3. The lowest BCUT2D eigenvalue weighted by molar-refractivity contribution is 0.466. The summed E-state index contributed by atoms with van der Waals surface area (Å²) in [5, 5.41) is 16.5. The van der Waals surface area contributed by atoms with Crippen LogP contribution in [0.5, 0.6) is 5.75 Å². The minimum Gasteiger partial charge on any atom is -0.507 e. The summed E-state index contributed by atoms with van der Waals surface area (Å²) in [7, 11) is 0. The molecule has 3 aromatic rings. The molecule has 152 valence electrons. The fourth-order valence-electron chi connectivity index (χ4n) is 3.04. The summed E-state index contributed by atoms with van der Waals surface area (Å²) >= 11 is 0. The van der Waals surface area contributed by atoms with Crippen molar-refractivity contribution in [1.82, 2.24) is 15.6 Å². The monoisotopic (exact) mass is 392 g/mol. The van der Waals surface area contributed by atoms with Gasteiger partial charge in [-0.05, 0) is 56.5 Å². The van der Waals surface area contributed by atoms with Gasteiger partial charge in [-0.3, -0.25) is 0 Å². The maximum atomic E-state index is 9.92. The first-order chi connectivity index (χ1) is 14.0. The van der Waals surface area contributed by atoms with Gasteiger partial charge in [0.1, 0.15) is 12.0 Å². The molecule has 0 aliphatic rings. The van der Waals surface area contributed by atoms with Crippen molar-refractivity contribution in [3.8, 4) is 17.2 Å². The number of phenolic OH excluding ortho intramolecular Hbond substituents is 1. The Kier molecular flexibility index (Phi) is 6.54. The normalized spacial score (nSPS) is 11.5. The SMILES string of the molecule is CCNC(=NCc1cc(C)c(O)c(C)c1)NCc1coc(-c2ccc(C)cc2)n1. The largest absolute Gasteiger partial charge is 0.507 e. The highest BCUT2D eigenvalue weighted by Crippen LogP contribution is 2.23. The number of aryl methyl sites for hydroxylation is 3. The summed E-state index contributed by atoms with van der Waals surface area (Å²) in [6.45, 7) is 9.66. The van der Waals surface area contributed by atoms with Gasteiger partial charge >= 0.3 is 0 Å². The molecule has 0 saturated heterocycles. The van der Waals surface area contributed by atoms with Gasteiger partial charge in [0.05, 0.1) is 18.8 Å². The Morgan fingerprint density at radius 3 is 2.41 bits per heavy atom. The zero-order valence-electron chi connectivity index (χ0n) is 17.4. The van der Waals surface area contributed by atoms with Crippen LogP contribution in [-0.2, 0) is 13.1 Å². The van der Waals surface area contributed by atoms with E-state index in [1.807, 2.05) is 57.2 Å². The van der Waals surface area contributed by atoms with Gasteiger partial charge in [0, 0.05) is 12.1 Å². The average Bonchev–Trinajstić information content (AvgIpc) is 3.17. The number of nitrogens with zero attached hydrogens (tertiary/aromatic N) is 2. The number of hydrogen-bond acceptors (Lipinski definition) is 4. The predicted molar refractivity (Wildman–Crippen MR) is 116 cm³/mol. The van der Waals surface area contributed by atoms with Crippen LogP contribution in [-0.4, -0.2) is 22.6 Å². The van der Waals surface area contributed by atoms with Gasteiger partial charge in [0.15, 0.2) is 5.96 Å². The number of hydrogen-bond donors (Lipinski definition) is 3. The summed E-state index contributed by atoms with van der Waals surface area (Å²) in [6.07, 6.45) is 1.67. The van der Waals surface area contributed by atoms with E-state index in [0.717, 1.165) is 34.5 Å². The molecule has 0 saturated carbocycles. The van der Waals surface area contributed by atoms with Crippen LogP contribution in [0.4, 0.5) is 0 Å². The fraction of sp³-hybridized carbons (Fsp3) is 0.304. The quantitative estimate of drug-likeness (QED) is 0.432. The minimum atomic E-state index is 0.346. The summed E-state index contributed by atoms with van der Waals surface area (Å²) in [4.78, 5) is 9.19. The van der Waals surface area contributed by atoms with E-state index in [9.17, 15) is 5.11 Å². The van der Waals surface area contributed by atoms with Crippen molar-refractivity contribution in [2.24, 2.45) is 4.99 Å². The van der Waals surface area contributed by atoms with E-state index in [2.05, 4.69) is 27.5 Å². The number of oxazole rings is 1. The third kappa shape index (κ3) is 5.38. The summed E-state index contributed by atoms with van der Waals surface area (Å²) in [5.74, 6) is 1.66. The van der Waals surface area contributed by atoms with Gasteiger partial charge in [-0.15, -0.1) is 0 Å². The number of aromatic hydroxyl groups is 1. The highest BCUT2D eigenvalue weighted by molar-refractivity contribution is 5.79. The Morgan fingerprint density at radius 2 is 1.76 bits per heavy atom. The summed E-state index contributed by atoms with van der Waals surface area (Å²) in [5.41, 5.74) is 5.74. The zero-order chi connectivity index (χ0) is 20.8. The molecule has 3 rings (SSSR count). The molecular weight excluding hydrogens is 364 g/mol. The smallest absolute Gasteiger partial charge is 0.226 e. The average molecular weight is 393 g/mol. The second kappa shape index (κ2) is 9.28. The van der Waals surface area contributed by atoms with E-state index in [1.54, 1.807) is 6.26 Å². The lowest BCUT2D eigenvalue weighted by atomic mass is 10.1. The van der Waals surface area contributed by atoms with Crippen molar-refractivity contribution in [3.05, 3.63) is 70.6 Å². The van der Waals surface area contributed by atoms with Crippen LogP contribution >= 0.6 is 0 Å². The molecule has 29 heavy (non-hydrogen) atoms. The first-order valence-electron chi connectivity index (χ1n) is 9.79. The van der Waals surface area contributed by atoms with Crippen molar-refractivity contribution < 1.29 is 9.52 Å². The second-order valence-corrected chi connectivity index (χ2v) is 7.14. The molecule has 6 nitrogen and oxygen atoms in total. The number of nitrogens with one attached hydrogen (secondary N) is 2. The number of aliphatic imine (C=N–C) groups is 1. The Balaban J connectivity index is 1.65. The fourth-order valence-corrected chi connectivity index (χ4v) is 3.04. The van der Waals surface area contributed by atoms with Gasteiger partial charge in [-0.25, -0.2) is 9.98 Å². The van der Waals surface area contributed by atoms with E-state index >= 15 is 0 Å². The molecule has 0 aliphatic heterocycles. The molecule has 1 heterocycles. The van der Waals surface area contributed by atoms with Gasteiger partial charge in [-0.1, -0.05) is 29.8 Å². The Hall–Kier alpha value is -3.28. The number of phenols is 1. The molecule has 2 aromatic carbocycles. The first-order valence-corrected chi connectivity index (χ1v) is 9.79. The highest BCUT2D eigenvalue weighted by Gasteiger charge is 2.08. The van der Waals surface area contributed by atoms with Gasteiger partial charge in [-0.2, -0.15) is 0 Å². The maximum Gasteiger partial charge on any atom is 0.226 e. The molecule has 6 heteroatoms. The van der Waals surface area contributed by atoms with Crippen molar-refractivity contribution in [2.45, 2.75) is 40.8 Å². The summed E-state index contributed by atoms with van der Waals surface area (Å²) < 4.78 is 5.61. The van der Waals surface area contributed by atoms with Gasteiger partial charge in [0.25, 0.3) is 0 Å². The third-order valence-corrected chi connectivity index (χ3v) is 4.60. The molecule has 0 radical (unpaired) electrons. The number of rotatable bonds is 6. The lowest BCUT2D eigenvalue weighted by Gasteiger charge is -2.11. The molecule has 0 unspecified atom stereocenters. The van der Waals surface area contributed by atoms with Crippen LogP contribution in [0.1, 0.15) is 34.9 Å². The minimum absolute atomic E-state index is 0.346. The van der Waals surface area contributed by atoms with Crippen LogP contribution in [0, 0.1) is 20.8 Å². The molecule has 1 aromatic heterocycles. The van der Waals surface area contributed by atoms with E-state index in [0.29, 0.717) is 30.7 Å². The van der Waals surface area contributed by atoms with E-state index < -0.39 is 0 Å². The lowest BCUT2D eigenvalue weighted by Crippen LogP contribution is -2.36. The van der Waals surface area contributed by atoms with E-state index in [4.69, 9.17) is 4.42 Å². The molecule has 3 N–H and O–H groups in total. The third-order valence-electron chi connectivity index (χ3n) is 4.60. The number of benzene rings is 2. The Labute approximate surface area is 171 Å². The van der Waals surface area contributed by atoms with Crippen LogP contribution in [0.3, 0.4) is 0 Å². The summed E-state index contributed by atoms with van der Waals surface area (Å²) in [6, 6.07) is 12.0. The van der Waals surface area contributed by atoms with Crippen molar-refractivity contribution in [1.29, 1.82) is 0 Å². The van der Waals surface area contributed by atoms with Crippen molar-refractivity contribution in [3.63, 3.8) is 0 Å². The molecule has 0 atom stereocenters. The van der Waals surface area contributed by atoms with Gasteiger partial charge in [0.2, 0.25) is 5.89 Å². The van der Waals surface area contributed by atoms with Crippen LogP contribution < -0.4 is 10.6 Å².